The second-order valence-corrected chi connectivity index (χ2v) is 8.01. The van der Waals surface area contributed by atoms with Crippen molar-refractivity contribution >= 4 is 44.2 Å². The zero-order valence-corrected chi connectivity index (χ0v) is 17.0. The van der Waals surface area contributed by atoms with Gasteiger partial charge < -0.3 is 9.64 Å². The molecule has 2 aromatic carbocycles. The summed E-state index contributed by atoms with van der Waals surface area (Å²) in [5, 5.41) is 1.35. The van der Waals surface area contributed by atoms with Gasteiger partial charge in [-0.1, -0.05) is 35.1 Å². The first-order chi connectivity index (χ1) is 13.0. The first-order valence-electron chi connectivity index (χ1n) is 8.86. The molecule has 3 aromatic rings. The molecule has 0 aliphatic rings. The van der Waals surface area contributed by atoms with Gasteiger partial charge in [0.15, 0.2) is 11.7 Å². The number of carbonyl (C=O) groups is 1. The van der Waals surface area contributed by atoms with Crippen molar-refractivity contribution in [2.75, 3.05) is 38.7 Å². The Morgan fingerprint density at radius 3 is 2.63 bits per heavy atom. The molecule has 3 rings (SSSR count). The number of para-hydroxylation sites is 1. The lowest BCUT2D eigenvalue weighted by Gasteiger charge is -2.20. The van der Waals surface area contributed by atoms with Crippen molar-refractivity contribution in [2.45, 2.75) is 6.42 Å². The number of benzene rings is 2. The molecule has 1 aromatic heterocycles. The lowest BCUT2D eigenvalue weighted by atomic mass is 10.3. The van der Waals surface area contributed by atoms with E-state index >= 15 is 0 Å². The van der Waals surface area contributed by atoms with Gasteiger partial charge in [0.25, 0.3) is 5.91 Å². The minimum atomic E-state index is -0.0993. The van der Waals surface area contributed by atoms with Gasteiger partial charge in [-0.05, 0) is 36.4 Å². The van der Waals surface area contributed by atoms with Gasteiger partial charge in [-0.15, -0.1) is 0 Å². The Balaban J connectivity index is 1.73. The summed E-state index contributed by atoms with van der Waals surface area (Å²) in [6.45, 7) is 1.56. The van der Waals surface area contributed by atoms with Crippen LogP contribution in [0.3, 0.4) is 0 Å². The molecule has 0 atom stereocenters. The van der Waals surface area contributed by atoms with Gasteiger partial charge in [-0.3, -0.25) is 9.69 Å². The van der Waals surface area contributed by atoms with Gasteiger partial charge in [0.2, 0.25) is 0 Å². The number of thiazole rings is 1. The molecule has 0 saturated heterocycles. The summed E-state index contributed by atoms with van der Waals surface area (Å²) >= 11 is 7.42. The van der Waals surface area contributed by atoms with E-state index in [4.69, 9.17) is 16.3 Å². The molecule has 0 aliphatic carbocycles. The number of hydrogen-bond donors (Lipinski definition) is 1. The standard InChI is InChI=1S/C20H22ClN3O2S/c1-23(2)12-5-13-24(20-22-17-6-3-4-7-18(17)27-20)19(25)14-26-16-10-8-15(21)9-11-16/h3-4,6-11H,5,12-14H2,1-2H3/p+1. The van der Waals surface area contributed by atoms with E-state index in [0.29, 0.717) is 17.3 Å². The normalized spacial score (nSPS) is 11.1. The Bertz CT molecular complexity index is 863. The maximum Gasteiger partial charge on any atom is 0.266 e. The van der Waals surface area contributed by atoms with Crippen molar-refractivity contribution in [3.63, 3.8) is 0 Å². The molecule has 5 nitrogen and oxygen atoms in total. The third-order valence-electron chi connectivity index (χ3n) is 4.05. The second-order valence-electron chi connectivity index (χ2n) is 6.56. The monoisotopic (exact) mass is 404 g/mol. The lowest BCUT2D eigenvalue weighted by Crippen LogP contribution is -3.05. The second kappa shape index (κ2) is 9.17. The number of rotatable bonds is 8. The number of halogens is 1. The van der Waals surface area contributed by atoms with E-state index in [0.717, 1.165) is 28.3 Å². The van der Waals surface area contributed by atoms with Crippen LogP contribution in [-0.4, -0.2) is 44.7 Å². The van der Waals surface area contributed by atoms with Gasteiger partial charge in [0.05, 0.1) is 30.9 Å². The number of fused-ring (bicyclic) bond motifs is 1. The highest BCUT2D eigenvalue weighted by molar-refractivity contribution is 7.22. The number of anilines is 1. The number of nitrogens with one attached hydrogen (secondary N) is 1. The van der Waals surface area contributed by atoms with Crippen LogP contribution in [0.25, 0.3) is 10.2 Å². The van der Waals surface area contributed by atoms with Crippen LogP contribution in [0.2, 0.25) is 5.02 Å². The van der Waals surface area contributed by atoms with Gasteiger partial charge in [0, 0.05) is 18.0 Å². The van der Waals surface area contributed by atoms with Crippen LogP contribution < -0.4 is 14.5 Å². The summed E-state index contributed by atoms with van der Waals surface area (Å²) in [4.78, 5) is 20.6. The van der Waals surface area contributed by atoms with Crippen LogP contribution in [0.1, 0.15) is 6.42 Å². The van der Waals surface area contributed by atoms with Crippen molar-refractivity contribution in [1.29, 1.82) is 0 Å². The van der Waals surface area contributed by atoms with E-state index in [9.17, 15) is 4.79 Å². The van der Waals surface area contributed by atoms with Crippen LogP contribution in [0.4, 0.5) is 5.13 Å². The molecule has 0 bridgehead atoms. The number of carbonyl (C=O) groups excluding carboxylic acids is 1. The number of hydrogen-bond acceptors (Lipinski definition) is 4. The molecule has 0 saturated carbocycles. The first-order valence-corrected chi connectivity index (χ1v) is 10.1. The molecule has 7 heteroatoms. The van der Waals surface area contributed by atoms with Crippen molar-refractivity contribution in [3.8, 4) is 5.75 Å². The van der Waals surface area contributed by atoms with E-state index in [1.165, 1.54) is 16.2 Å². The molecule has 0 spiro atoms. The molecular formula is C20H23ClN3O2S+. The number of amides is 1. The molecule has 0 radical (unpaired) electrons. The zero-order valence-electron chi connectivity index (χ0n) is 15.4. The number of quaternary nitrogens is 1. The van der Waals surface area contributed by atoms with Crippen molar-refractivity contribution < 1.29 is 14.4 Å². The molecule has 1 N–H and O–H groups in total. The lowest BCUT2D eigenvalue weighted by molar-refractivity contribution is -0.858. The Kier molecular flexibility index (Phi) is 6.66. The average Bonchev–Trinajstić information content (AvgIpc) is 3.08. The Morgan fingerprint density at radius 2 is 1.93 bits per heavy atom. The SMILES string of the molecule is C[NH+](C)CCCN(C(=O)COc1ccc(Cl)cc1)c1nc2ccccc2s1. The quantitative estimate of drug-likeness (QED) is 0.628. The summed E-state index contributed by atoms with van der Waals surface area (Å²) in [5.74, 6) is 0.521. The third-order valence-corrected chi connectivity index (χ3v) is 5.36. The Labute approximate surface area is 168 Å². The molecule has 142 valence electrons. The fourth-order valence-electron chi connectivity index (χ4n) is 2.65. The van der Waals surface area contributed by atoms with E-state index < -0.39 is 0 Å². The van der Waals surface area contributed by atoms with Crippen LogP contribution in [0.15, 0.2) is 48.5 Å². The van der Waals surface area contributed by atoms with E-state index in [1.54, 1.807) is 29.2 Å². The van der Waals surface area contributed by atoms with E-state index in [2.05, 4.69) is 19.1 Å². The predicted molar refractivity (Wildman–Crippen MR) is 111 cm³/mol. The maximum absolute atomic E-state index is 12.9. The number of nitrogens with zero attached hydrogens (tertiary/aromatic N) is 2. The Hall–Kier alpha value is -2.15. The van der Waals surface area contributed by atoms with Crippen LogP contribution in [0, 0.1) is 0 Å². The minimum absolute atomic E-state index is 0.0353. The van der Waals surface area contributed by atoms with Gasteiger partial charge in [0.1, 0.15) is 5.75 Å². The van der Waals surface area contributed by atoms with Gasteiger partial charge >= 0.3 is 0 Å². The summed E-state index contributed by atoms with van der Waals surface area (Å²) in [6, 6.07) is 14.9. The van der Waals surface area contributed by atoms with Gasteiger partial charge in [-0.25, -0.2) is 4.98 Å². The molecule has 1 heterocycles. The fraction of sp³-hybridized carbons (Fsp3) is 0.300. The van der Waals surface area contributed by atoms with Crippen molar-refractivity contribution in [3.05, 3.63) is 53.6 Å². The molecule has 0 aliphatic heterocycles. The third kappa shape index (κ3) is 5.42. The van der Waals surface area contributed by atoms with E-state index in [-0.39, 0.29) is 12.5 Å². The summed E-state index contributed by atoms with van der Waals surface area (Å²) in [5.41, 5.74) is 0.909. The van der Waals surface area contributed by atoms with Gasteiger partial charge in [-0.2, -0.15) is 0 Å². The highest BCUT2D eigenvalue weighted by atomic mass is 35.5. The number of aromatic nitrogens is 1. The average molecular weight is 405 g/mol. The minimum Gasteiger partial charge on any atom is -0.484 e. The van der Waals surface area contributed by atoms with E-state index in [1.807, 2.05) is 24.3 Å². The maximum atomic E-state index is 12.9. The Morgan fingerprint density at radius 1 is 1.19 bits per heavy atom. The number of ether oxygens (including phenoxy) is 1. The molecular weight excluding hydrogens is 382 g/mol. The van der Waals surface area contributed by atoms with Crippen molar-refractivity contribution in [2.24, 2.45) is 0 Å². The largest absolute Gasteiger partial charge is 0.484 e. The molecule has 0 fully saturated rings. The van der Waals surface area contributed by atoms with Crippen LogP contribution >= 0.6 is 22.9 Å². The zero-order chi connectivity index (χ0) is 19.2. The molecule has 1 amide bonds. The predicted octanol–water partition coefficient (Wildman–Crippen LogP) is 2.90. The summed E-state index contributed by atoms with van der Waals surface area (Å²) in [7, 11) is 4.21. The van der Waals surface area contributed by atoms with Crippen molar-refractivity contribution in [1.82, 2.24) is 4.98 Å². The smallest absolute Gasteiger partial charge is 0.266 e. The summed E-state index contributed by atoms with van der Waals surface area (Å²) < 4.78 is 6.72. The highest BCUT2D eigenvalue weighted by Crippen LogP contribution is 2.29. The molecule has 0 unspecified atom stereocenters. The highest BCUT2D eigenvalue weighted by Gasteiger charge is 2.20. The summed E-state index contributed by atoms with van der Waals surface area (Å²) in [6.07, 6.45) is 0.894. The molecule has 27 heavy (non-hydrogen) atoms. The van der Waals surface area contributed by atoms with Crippen LogP contribution in [0.5, 0.6) is 5.75 Å². The topological polar surface area (TPSA) is 46.9 Å². The van der Waals surface area contributed by atoms with Crippen LogP contribution in [-0.2, 0) is 4.79 Å². The fourth-order valence-corrected chi connectivity index (χ4v) is 3.78. The first kappa shape index (κ1) is 19.6.